The quantitative estimate of drug-likeness (QED) is 0.620. The van der Waals surface area contributed by atoms with Crippen molar-refractivity contribution in [3.63, 3.8) is 0 Å². The predicted molar refractivity (Wildman–Crippen MR) is 107 cm³/mol. The highest BCUT2D eigenvalue weighted by molar-refractivity contribution is 7.92. The number of rotatable bonds is 6. The number of nitrogens with zero attached hydrogens (tertiary/aromatic N) is 1. The summed E-state index contributed by atoms with van der Waals surface area (Å²) in [4.78, 5) is 12.3. The van der Waals surface area contributed by atoms with Crippen molar-refractivity contribution >= 4 is 38.9 Å². The van der Waals surface area contributed by atoms with Crippen molar-refractivity contribution in [2.75, 3.05) is 16.2 Å². The number of para-hydroxylation sites is 1. The first-order valence-corrected chi connectivity index (χ1v) is 10.2. The van der Waals surface area contributed by atoms with Crippen LogP contribution in [0.15, 0.2) is 77.7 Å². The first-order valence-electron chi connectivity index (χ1n) is 8.35. The lowest BCUT2D eigenvalue weighted by Gasteiger charge is -2.24. The third kappa shape index (κ3) is 4.90. The third-order valence-electron chi connectivity index (χ3n) is 3.95. The van der Waals surface area contributed by atoms with E-state index in [9.17, 15) is 22.0 Å². The van der Waals surface area contributed by atoms with Crippen LogP contribution in [0.4, 0.5) is 20.2 Å². The SMILES string of the molecule is O=C(CN(c1ccc(F)cc1)S(=O)(=O)c1ccc(F)cc1)Nc1ccccc1Cl. The van der Waals surface area contributed by atoms with E-state index in [1.807, 2.05) is 0 Å². The van der Waals surface area contributed by atoms with Gasteiger partial charge >= 0.3 is 0 Å². The number of halogens is 3. The Kier molecular flexibility index (Phi) is 6.14. The second kappa shape index (κ2) is 8.59. The summed E-state index contributed by atoms with van der Waals surface area (Å²) in [6, 6.07) is 15.3. The lowest BCUT2D eigenvalue weighted by Crippen LogP contribution is -2.38. The molecule has 5 nitrogen and oxygen atoms in total. The predicted octanol–water partition coefficient (Wildman–Crippen LogP) is 4.45. The number of hydrogen-bond donors (Lipinski definition) is 1. The largest absolute Gasteiger partial charge is 0.323 e. The smallest absolute Gasteiger partial charge is 0.264 e. The number of carbonyl (C=O) groups is 1. The summed E-state index contributed by atoms with van der Waals surface area (Å²) < 4.78 is 53.5. The zero-order valence-corrected chi connectivity index (χ0v) is 16.4. The molecule has 3 aromatic carbocycles. The second-order valence-corrected chi connectivity index (χ2v) is 8.24. The van der Waals surface area contributed by atoms with Gasteiger partial charge in [0.05, 0.1) is 21.3 Å². The zero-order chi connectivity index (χ0) is 21.0. The fourth-order valence-electron chi connectivity index (χ4n) is 2.54. The van der Waals surface area contributed by atoms with Crippen LogP contribution in [-0.4, -0.2) is 20.9 Å². The van der Waals surface area contributed by atoms with Gasteiger partial charge in [0.2, 0.25) is 5.91 Å². The summed E-state index contributed by atoms with van der Waals surface area (Å²) in [6.45, 7) is -0.601. The van der Waals surface area contributed by atoms with Gasteiger partial charge in [0.15, 0.2) is 0 Å². The summed E-state index contributed by atoms with van der Waals surface area (Å²) in [6.07, 6.45) is 0. The average molecular weight is 437 g/mol. The maximum absolute atomic E-state index is 13.3. The number of benzene rings is 3. The molecule has 0 saturated heterocycles. The van der Waals surface area contributed by atoms with E-state index in [0.717, 1.165) is 40.7 Å². The highest BCUT2D eigenvalue weighted by Crippen LogP contribution is 2.25. The van der Waals surface area contributed by atoms with E-state index in [1.54, 1.807) is 24.3 Å². The minimum Gasteiger partial charge on any atom is -0.323 e. The molecule has 0 radical (unpaired) electrons. The summed E-state index contributed by atoms with van der Waals surface area (Å²) in [5.41, 5.74) is 0.391. The maximum atomic E-state index is 13.3. The standard InChI is InChI=1S/C20H15ClF2N2O3S/c21-18-3-1-2-4-19(18)24-20(26)13-25(16-9-5-14(22)6-10-16)29(27,28)17-11-7-15(23)8-12-17/h1-12H,13H2,(H,24,26). The molecule has 0 fully saturated rings. The third-order valence-corrected chi connectivity index (χ3v) is 6.07. The Bertz CT molecular complexity index is 1120. The number of sulfonamides is 1. The van der Waals surface area contributed by atoms with Gasteiger partial charge in [0.25, 0.3) is 10.0 Å². The molecule has 3 aromatic rings. The van der Waals surface area contributed by atoms with Crippen LogP contribution in [0.1, 0.15) is 0 Å². The molecule has 0 unspecified atom stereocenters. The molecule has 0 atom stereocenters. The summed E-state index contributed by atoms with van der Waals surface area (Å²) in [5, 5.41) is 2.83. The van der Waals surface area contributed by atoms with Gasteiger partial charge < -0.3 is 5.32 Å². The van der Waals surface area contributed by atoms with Crippen molar-refractivity contribution in [2.45, 2.75) is 4.90 Å². The molecule has 0 saturated carbocycles. The molecule has 0 aromatic heterocycles. The molecule has 1 N–H and O–H groups in total. The summed E-state index contributed by atoms with van der Waals surface area (Å²) in [5.74, 6) is -1.82. The molecule has 1 amide bonds. The summed E-state index contributed by atoms with van der Waals surface area (Å²) >= 11 is 6.02. The number of carbonyl (C=O) groups excluding carboxylic acids is 1. The maximum Gasteiger partial charge on any atom is 0.264 e. The lowest BCUT2D eigenvalue weighted by atomic mass is 10.3. The van der Waals surface area contributed by atoms with E-state index < -0.39 is 34.1 Å². The van der Waals surface area contributed by atoms with Gasteiger partial charge in [-0.05, 0) is 60.7 Å². The van der Waals surface area contributed by atoms with Crippen LogP contribution in [0.2, 0.25) is 5.02 Å². The Balaban J connectivity index is 1.95. The van der Waals surface area contributed by atoms with Gasteiger partial charge in [0.1, 0.15) is 18.2 Å². The molecule has 0 aliphatic rings. The van der Waals surface area contributed by atoms with Crippen molar-refractivity contribution < 1.29 is 22.0 Å². The van der Waals surface area contributed by atoms with E-state index in [0.29, 0.717) is 5.69 Å². The molecule has 9 heteroatoms. The zero-order valence-electron chi connectivity index (χ0n) is 14.8. The van der Waals surface area contributed by atoms with Gasteiger partial charge in [-0.25, -0.2) is 17.2 Å². The average Bonchev–Trinajstić information content (AvgIpc) is 2.69. The normalized spacial score (nSPS) is 11.1. The minimum atomic E-state index is -4.23. The molecule has 0 bridgehead atoms. The number of amides is 1. The Morgan fingerprint density at radius 1 is 0.897 bits per heavy atom. The van der Waals surface area contributed by atoms with E-state index in [2.05, 4.69) is 5.32 Å². The molecular weight excluding hydrogens is 422 g/mol. The van der Waals surface area contributed by atoms with Crippen LogP contribution >= 0.6 is 11.6 Å². The number of anilines is 2. The van der Waals surface area contributed by atoms with Crippen LogP contribution in [0.3, 0.4) is 0 Å². The molecule has 0 spiro atoms. The Hall–Kier alpha value is -2.97. The fraction of sp³-hybridized carbons (Fsp3) is 0.0500. The molecule has 0 aliphatic carbocycles. The van der Waals surface area contributed by atoms with Crippen molar-refractivity contribution in [3.8, 4) is 0 Å². The molecule has 0 heterocycles. The number of hydrogen-bond acceptors (Lipinski definition) is 3. The molecule has 29 heavy (non-hydrogen) atoms. The summed E-state index contributed by atoms with van der Waals surface area (Å²) in [7, 11) is -4.23. The van der Waals surface area contributed by atoms with Gasteiger partial charge in [-0.15, -0.1) is 0 Å². The highest BCUT2D eigenvalue weighted by Gasteiger charge is 2.27. The molecule has 0 aliphatic heterocycles. The lowest BCUT2D eigenvalue weighted by molar-refractivity contribution is -0.114. The van der Waals surface area contributed by atoms with E-state index in [1.165, 1.54) is 12.1 Å². The minimum absolute atomic E-state index is 0.0741. The molecular formula is C20H15ClF2N2O3S. The van der Waals surface area contributed by atoms with Crippen molar-refractivity contribution in [2.24, 2.45) is 0 Å². The first-order chi connectivity index (χ1) is 13.8. The van der Waals surface area contributed by atoms with Gasteiger partial charge in [0, 0.05) is 0 Å². The van der Waals surface area contributed by atoms with E-state index in [-0.39, 0.29) is 15.6 Å². The Labute approximate surface area is 171 Å². The van der Waals surface area contributed by atoms with Gasteiger partial charge in [-0.3, -0.25) is 9.10 Å². The van der Waals surface area contributed by atoms with Gasteiger partial charge in [-0.2, -0.15) is 0 Å². The highest BCUT2D eigenvalue weighted by atomic mass is 35.5. The second-order valence-electron chi connectivity index (χ2n) is 5.97. The van der Waals surface area contributed by atoms with Crippen LogP contribution in [-0.2, 0) is 14.8 Å². The monoisotopic (exact) mass is 436 g/mol. The first kappa shape index (κ1) is 20.8. The topological polar surface area (TPSA) is 66.5 Å². The van der Waals surface area contributed by atoms with Crippen LogP contribution in [0.25, 0.3) is 0 Å². The number of nitrogens with one attached hydrogen (secondary N) is 1. The Morgan fingerprint density at radius 2 is 1.45 bits per heavy atom. The molecule has 150 valence electrons. The van der Waals surface area contributed by atoms with Crippen LogP contribution in [0, 0.1) is 11.6 Å². The Morgan fingerprint density at radius 3 is 2.03 bits per heavy atom. The molecule has 3 rings (SSSR count). The van der Waals surface area contributed by atoms with Crippen LogP contribution < -0.4 is 9.62 Å². The van der Waals surface area contributed by atoms with E-state index in [4.69, 9.17) is 11.6 Å². The fourth-order valence-corrected chi connectivity index (χ4v) is 4.14. The van der Waals surface area contributed by atoms with Crippen molar-refractivity contribution in [3.05, 3.63) is 89.5 Å². The van der Waals surface area contributed by atoms with Crippen molar-refractivity contribution in [1.29, 1.82) is 0 Å². The van der Waals surface area contributed by atoms with Crippen molar-refractivity contribution in [1.82, 2.24) is 0 Å². The van der Waals surface area contributed by atoms with Crippen LogP contribution in [0.5, 0.6) is 0 Å². The van der Waals surface area contributed by atoms with Gasteiger partial charge in [-0.1, -0.05) is 23.7 Å². The van der Waals surface area contributed by atoms with E-state index >= 15 is 0 Å².